The standard InChI is InChI=1S/C10H19NO.C9H15NO.3C2H6/c1-3-5-6-10(4-2)7-8-11-9(10)12;11-8-6-9(7-10-8)4-2-1-3-5-9;3*1-2/h3-8H2,1-2H3,(H,11,12);1-7H2,(H,10,11);3*1-2H3. The summed E-state index contributed by atoms with van der Waals surface area (Å²) < 4.78 is 0. The fourth-order valence-electron chi connectivity index (χ4n) is 4.39. The summed E-state index contributed by atoms with van der Waals surface area (Å²) in [7, 11) is 0. The van der Waals surface area contributed by atoms with Gasteiger partial charge in [-0.25, -0.2) is 0 Å². The van der Waals surface area contributed by atoms with Gasteiger partial charge in [0.05, 0.1) is 5.41 Å². The van der Waals surface area contributed by atoms with E-state index < -0.39 is 0 Å². The van der Waals surface area contributed by atoms with Crippen LogP contribution in [0.2, 0.25) is 0 Å². The zero-order valence-electron chi connectivity index (χ0n) is 21.0. The van der Waals surface area contributed by atoms with Crippen molar-refractivity contribution in [3.05, 3.63) is 0 Å². The second kappa shape index (κ2) is 17.8. The molecule has 29 heavy (non-hydrogen) atoms. The van der Waals surface area contributed by atoms with Crippen LogP contribution >= 0.6 is 0 Å². The predicted octanol–water partition coefficient (Wildman–Crippen LogP) is 6.63. The molecule has 0 radical (unpaired) electrons. The Morgan fingerprint density at radius 2 is 1.41 bits per heavy atom. The molecule has 0 aromatic heterocycles. The van der Waals surface area contributed by atoms with Gasteiger partial charge >= 0.3 is 0 Å². The quantitative estimate of drug-likeness (QED) is 0.544. The highest BCUT2D eigenvalue weighted by atomic mass is 16.2. The first kappa shape index (κ1) is 30.1. The minimum absolute atomic E-state index is 0.00396. The van der Waals surface area contributed by atoms with E-state index in [1.165, 1.54) is 44.9 Å². The van der Waals surface area contributed by atoms with Crippen molar-refractivity contribution < 1.29 is 9.59 Å². The minimum atomic E-state index is -0.00396. The number of carbonyl (C=O) groups is 2. The lowest BCUT2D eigenvalue weighted by Gasteiger charge is -2.31. The van der Waals surface area contributed by atoms with Crippen molar-refractivity contribution in [3.8, 4) is 0 Å². The van der Waals surface area contributed by atoms with Crippen molar-refractivity contribution in [2.24, 2.45) is 10.8 Å². The van der Waals surface area contributed by atoms with Gasteiger partial charge in [-0.3, -0.25) is 9.59 Å². The average molecular weight is 413 g/mol. The van der Waals surface area contributed by atoms with Crippen LogP contribution in [0.4, 0.5) is 0 Å². The highest BCUT2D eigenvalue weighted by Crippen LogP contribution is 2.41. The van der Waals surface area contributed by atoms with Crippen molar-refractivity contribution in [2.75, 3.05) is 13.1 Å². The third-order valence-electron chi connectivity index (χ3n) is 6.17. The Labute approximate surface area is 182 Å². The molecule has 0 bridgehead atoms. The van der Waals surface area contributed by atoms with Crippen molar-refractivity contribution in [1.82, 2.24) is 10.6 Å². The van der Waals surface area contributed by atoms with Gasteiger partial charge in [0, 0.05) is 19.5 Å². The van der Waals surface area contributed by atoms with Crippen molar-refractivity contribution in [1.29, 1.82) is 0 Å². The normalized spacial score (nSPS) is 23.6. The van der Waals surface area contributed by atoms with Gasteiger partial charge in [0.1, 0.15) is 0 Å². The van der Waals surface area contributed by atoms with Crippen molar-refractivity contribution in [2.45, 2.75) is 126 Å². The highest BCUT2D eigenvalue weighted by molar-refractivity contribution is 5.84. The van der Waals surface area contributed by atoms with Crippen LogP contribution in [-0.2, 0) is 9.59 Å². The molecule has 2 heterocycles. The predicted molar refractivity (Wildman–Crippen MR) is 127 cm³/mol. The summed E-state index contributed by atoms with van der Waals surface area (Å²) in [6.45, 7) is 18.1. The maximum Gasteiger partial charge on any atom is 0.226 e. The Morgan fingerprint density at radius 1 is 0.828 bits per heavy atom. The number of unbranched alkanes of at least 4 members (excludes halogenated alkanes) is 1. The van der Waals surface area contributed by atoms with Crippen LogP contribution in [0.5, 0.6) is 0 Å². The van der Waals surface area contributed by atoms with E-state index in [4.69, 9.17) is 0 Å². The van der Waals surface area contributed by atoms with Crippen LogP contribution in [0.3, 0.4) is 0 Å². The Bertz CT molecular complexity index is 417. The fraction of sp³-hybridized carbons (Fsp3) is 0.920. The molecule has 2 N–H and O–H groups in total. The molecule has 0 aromatic rings. The molecule has 1 spiro atoms. The maximum absolute atomic E-state index is 11.5. The average Bonchev–Trinajstić information content (AvgIpc) is 3.34. The Kier molecular flexibility index (Phi) is 18.5. The molecule has 2 aliphatic heterocycles. The van der Waals surface area contributed by atoms with Gasteiger partial charge in [0.15, 0.2) is 0 Å². The number of rotatable bonds is 4. The molecule has 4 heteroatoms. The summed E-state index contributed by atoms with van der Waals surface area (Å²) in [4.78, 5) is 22.5. The Balaban J connectivity index is 0. The molecule has 2 amide bonds. The fourth-order valence-corrected chi connectivity index (χ4v) is 4.39. The van der Waals surface area contributed by atoms with Crippen LogP contribution in [-0.4, -0.2) is 24.9 Å². The molecule has 4 nitrogen and oxygen atoms in total. The van der Waals surface area contributed by atoms with E-state index in [0.29, 0.717) is 11.3 Å². The maximum atomic E-state index is 11.5. The number of hydrogen-bond acceptors (Lipinski definition) is 2. The van der Waals surface area contributed by atoms with E-state index in [2.05, 4.69) is 24.5 Å². The lowest BCUT2D eigenvalue weighted by molar-refractivity contribution is -0.128. The number of amides is 2. The van der Waals surface area contributed by atoms with E-state index in [9.17, 15) is 9.59 Å². The minimum Gasteiger partial charge on any atom is -0.356 e. The first-order chi connectivity index (χ1) is 14.1. The Morgan fingerprint density at radius 3 is 1.79 bits per heavy atom. The molecule has 1 saturated carbocycles. The van der Waals surface area contributed by atoms with Gasteiger partial charge in [0.25, 0.3) is 0 Å². The van der Waals surface area contributed by atoms with Crippen LogP contribution in [0.25, 0.3) is 0 Å². The molecule has 3 rings (SSSR count). The summed E-state index contributed by atoms with van der Waals surface area (Å²) in [5.74, 6) is 0.561. The smallest absolute Gasteiger partial charge is 0.226 e. The molecule has 1 aliphatic carbocycles. The highest BCUT2D eigenvalue weighted by Gasteiger charge is 2.40. The van der Waals surface area contributed by atoms with Gasteiger partial charge in [-0.2, -0.15) is 0 Å². The van der Waals surface area contributed by atoms with E-state index in [1.807, 2.05) is 41.5 Å². The van der Waals surface area contributed by atoms with Gasteiger partial charge in [0.2, 0.25) is 11.8 Å². The first-order valence-corrected chi connectivity index (χ1v) is 12.6. The largest absolute Gasteiger partial charge is 0.356 e. The summed E-state index contributed by atoms with van der Waals surface area (Å²) in [6.07, 6.45) is 12.9. The van der Waals surface area contributed by atoms with E-state index >= 15 is 0 Å². The lowest BCUT2D eigenvalue weighted by atomic mass is 9.73. The summed E-state index contributed by atoms with van der Waals surface area (Å²) in [5, 5.41) is 5.87. The van der Waals surface area contributed by atoms with Crippen LogP contribution in [0.15, 0.2) is 0 Å². The molecule has 0 aromatic carbocycles. The van der Waals surface area contributed by atoms with Crippen molar-refractivity contribution in [3.63, 3.8) is 0 Å². The Hall–Kier alpha value is -1.06. The molecule has 1 unspecified atom stereocenters. The molecular weight excluding hydrogens is 360 g/mol. The summed E-state index contributed by atoms with van der Waals surface area (Å²) in [6, 6.07) is 0. The molecule has 1 atom stereocenters. The first-order valence-electron chi connectivity index (χ1n) is 12.6. The summed E-state index contributed by atoms with van der Waals surface area (Å²) >= 11 is 0. The summed E-state index contributed by atoms with van der Waals surface area (Å²) in [5.41, 5.74) is 0.380. The third-order valence-corrected chi connectivity index (χ3v) is 6.17. The number of hydrogen-bond donors (Lipinski definition) is 2. The van der Waals surface area contributed by atoms with E-state index in [0.717, 1.165) is 38.8 Å². The van der Waals surface area contributed by atoms with Crippen LogP contribution < -0.4 is 10.6 Å². The van der Waals surface area contributed by atoms with Crippen molar-refractivity contribution >= 4 is 11.8 Å². The van der Waals surface area contributed by atoms with Gasteiger partial charge in [-0.05, 0) is 37.5 Å². The zero-order valence-corrected chi connectivity index (χ0v) is 21.0. The van der Waals surface area contributed by atoms with E-state index in [-0.39, 0.29) is 11.3 Å². The molecular formula is C25H52N2O2. The topological polar surface area (TPSA) is 58.2 Å². The second-order valence-electron chi connectivity index (χ2n) is 7.76. The second-order valence-corrected chi connectivity index (χ2v) is 7.76. The number of nitrogens with one attached hydrogen (secondary N) is 2. The van der Waals surface area contributed by atoms with E-state index in [1.54, 1.807) is 0 Å². The van der Waals surface area contributed by atoms with Crippen LogP contribution in [0.1, 0.15) is 126 Å². The molecule has 3 aliphatic rings. The molecule has 174 valence electrons. The monoisotopic (exact) mass is 412 g/mol. The number of carbonyl (C=O) groups excluding carboxylic acids is 2. The van der Waals surface area contributed by atoms with Gasteiger partial charge in [-0.1, -0.05) is 87.5 Å². The lowest BCUT2D eigenvalue weighted by Crippen LogP contribution is -2.30. The molecule has 3 fully saturated rings. The SMILES string of the molecule is CC.CC.CC.CCCCC1(CC)CCNC1=O.O=C1CC2(CCCCC2)CN1. The zero-order chi connectivity index (χ0) is 22.8. The van der Waals surface area contributed by atoms with Gasteiger partial charge in [-0.15, -0.1) is 0 Å². The van der Waals surface area contributed by atoms with Gasteiger partial charge < -0.3 is 10.6 Å². The van der Waals surface area contributed by atoms with Crippen LogP contribution in [0, 0.1) is 10.8 Å². The molecule has 2 saturated heterocycles. The third kappa shape index (κ3) is 10.00.